The van der Waals surface area contributed by atoms with Crippen molar-refractivity contribution < 1.29 is 4.79 Å². The topological polar surface area (TPSA) is 89.1 Å². The number of hydrogen-bond donors (Lipinski definition) is 2. The fourth-order valence-electron chi connectivity index (χ4n) is 2.52. The third-order valence-corrected chi connectivity index (χ3v) is 3.53. The van der Waals surface area contributed by atoms with Gasteiger partial charge in [-0.1, -0.05) is 13.3 Å². The number of nitrogens with zero attached hydrogens (tertiary/aromatic N) is 4. The van der Waals surface area contributed by atoms with E-state index >= 15 is 0 Å². The van der Waals surface area contributed by atoms with Crippen molar-refractivity contribution in [1.82, 2.24) is 25.0 Å². The summed E-state index contributed by atoms with van der Waals surface area (Å²) in [5, 5.41) is 6.82. The molecule has 1 amide bonds. The number of carbonyl (C=O) groups excluding carboxylic acids is 1. The summed E-state index contributed by atoms with van der Waals surface area (Å²) in [6.45, 7) is 6.46. The number of carbonyl (C=O) groups is 1. The largest absolute Gasteiger partial charge is 0.367 e. The first-order valence-electron chi connectivity index (χ1n) is 7.27. The van der Waals surface area contributed by atoms with Gasteiger partial charge in [0.05, 0.1) is 0 Å². The molecule has 0 bridgehead atoms. The number of nitrogens with one attached hydrogen (secondary N) is 1. The monoisotopic (exact) mass is 280 g/mol. The molecule has 1 atom stereocenters. The van der Waals surface area contributed by atoms with Crippen molar-refractivity contribution in [2.24, 2.45) is 5.92 Å². The van der Waals surface area contributed by atoms with Gasteiger partial charge in [-0.25, -0.2) is 9.67 Å². The lowest BCUT2D eigenvalue weighted by molar-refractivity contribution is -0.122. The Kier molecular flexibility index (Phi) is 5.34. The number of rotatable bonds is 6. The highest BCUT2D eigenvalue weighted by molar-refractivity contribution is 5.75. The summed E-state index contributed by atoms with van der Waals surface area (Å²) in [4.78, 5) is 18.0. The molecule has 0 aliphatic carbocycles. The van der Waals surface area contributed by atoms with Crippen LogP contribution in [0, 0.1) is 5.92 Å². The summed E-state index contributed by atoms with van der Waals surface area (Å²) in [7, 11) is 0. The summed E-state index contributed by atoms with van der Waals surface area (Å²) < 4.78 is 1.44. The van der Waals surface area contributed by atoms with Crippen LogP contribution in [0.3, 0.4) is 0 Å². The van der Waals surface area contributed by atoms with Crippen molar-refractivity contribution >= 4 is 11.9 Å². The zero-order valence-corrected chi connectivity index (χ0v) is 12.1. The van der Waals surface area contributed by atoms with Crippen LogP contribution < -0.4 is 11.1 Å². The maximum atomic E-state index is 11.8. The molecule has 1 saturated heterocycles. The number of aromatic nitrogens is 3. The van der Waals surface area contributed by atoms with Gasteiger partial charge in [-0.2, -0.15) is 0 Å². The Balaban J connectivity index is 1.64. The van der Waals surface area contributed by atoms with Crippen LogP contribution in [0.15, 0.2) is 6.33 Å². The molecule has 20 heavy (non-hydrogen) atoms. The van der Waals surface area contributed by atoms with E-state index in [1.165, 1.54) is 43.4 Å². The van der Waals surface area contributed by atoms with Gasteiger partial charge >= 0.3 is 0 Å². The van der Waals surface area contributed by atoms with Crippen LogP contribution in [-0.2, 0) is 11.3 Å². The van der Waals surface area contributed by atoms with Crippen molar-refractivity contribution in [1.29, 1.82) is 0 Å². The van der Waals surface area contributed by atoms with Crippen LogP contribution in [-0.4, -0.2) is 51.8 Å². The van der Waals surface area contributed by atoms with Crippen LogP contribution in [0.25, 0.3) is 0 Å². The number of nitrogen functional groups attached to an aromatic ring is 1. The Morgan fingerprint density at radius 1 is 1.45 bits per heavy atom. The predicted octanol–water partition coefficient (Wildman–Crippen LogP) is 0.0985. The maximum absolute atomic E-state index is 11.8. The number of amides is 1. The summed E-state index contributed by atoms with van der Waals surface area (Å²) in [5.41, 5.74) is 5.40. The normalized spacial score (nSPS) is 17.9. The first-order valence-corrected chi connectivity index (χ1v) is 7.27. The standard InChI is InChI=1S/C13H24N6O/c1-11(8-18-5-3-2-4-6-18)7-15-12(20)9-19-10-16-13(14)17-19/h10-11H,2-9H2,1H3,(H2,14,17)(H,15,20). The zero-order valence-electron chi connectivity index (χ0n) is 12.1. The zero-order chi connectivity index (χ0) is 14.4. The smallest absolute Gasteiger partial charge is 0.241 e. The molecule has 1 unspecified atom stereocenters. The molecule has 7 heteroatoms. The molecule has 3 N–H and O–H groups in total. The van der Waals surface area contributed by atoms with E-state index in [2.05, 4.69) is 27.2 Å². The second-order valence-electron chi connectivity index (χ2n) is 5.57. The van der Waals surface area contributed by atoms with Crippen LogP contribution in [0.5, 0.6) is 0 Å². The van der Waals surface area contributed by atoms with Gasteiger partial charge in [-0.15, -0.1) is 5.10 Å². The second kappa shape index (κ2) is 7.23. The van der Waals surface area contributed by atoms with Gasteiger partial charge in [-0.05, 0) is 31.8 Å². The molecule has 0 radical (unpaired) electrons. The van der Waals surface area contributed by atoms with Crippen LogP contribution >= 0.6 is 0 Å². The van der Waals surface area contributed by atoms with E-state index in [-0.39, 0.29) is 18.4 Å². The highest BCUT2D eigenvalue weighted by Crippen LogP contribution is 2.10. The molecule has 1 aromatic heterocycles. The molecule has 1 fully saturated rings. The fourth-order valence-corrected chi connectivity index (χ4v) is 2.52. The van der Waals surface area contributed by atoms with Gasteiger partial charge in [0.15, 0.2) is 0 Å². The Morgan fingerprint density at radius 3 is 2.85 bits per heavy atom. The van der Waals surface area contributed by atoms with E-state index in [1.54, 1.807) is 0 Å². The van der Waals surface area contributed by atoms with Crippen molar-refractivity contribution in [2.45, 2.75) is 32.7 Å². The average molecular weight is 280 g/mol. The Bertz CT molecular complexity index is 426. The van der Waals surface area contributed by atoms with Crippen LogP contribution in [0.2, 0.25) is 0 Å². The summed E-state index contributed by atoms with van der Waals surface area (Å²) in [5.74, 6) is 0.592. The summed E-state index contributed by atoms with van der Waals surface area (Å²) >= 11 is 0. The predicted molar refractivity (Wildman–Crippen MR) is 76.9 cm³/mol. The molecule has 2 rings (SSSR count). The minimum atomic E-state index is -0.0552. The quantitative estimate of drug-likeness (QED) is 0.771. The molecule has 1 aliphatic heterocycles. The van der Waals surface area contributed by atoms with E-state index in [0.29, 0.717) is 12.5 Å². The highest BCUT2D eigenvalue weighted by Gasteiger charge is 2.14. The third-order valence-electron chi connectivity index (χ3n) is 3.53. The van der Waals surface area contributed by atoms with Gasteiger partial charge in [-0.3, -0.25) is 4.79 Å². The number of nitrogens with two attached hydrogens (primary N) is 1. The molecule has 1 aliphatic rings. The molecular weight excluding hydrogens is 256 g/mol. The molecule has 0 aromatic carbocycles. The Hall–Kier alpha value is -1.63. The molecule has 7 nitrogen and oxygen atoms in total. The van der Waals surface area contributed by atoms with E-state index in [4.69, 9.17) is 5.73 Å². The van der Waals surface area contributed by atoms with Gasteiger partial charge in [0.2, 0.25) is 11.9 Å². The number of hydrogen-bond acceptors (Lipinski definition) is 5. The van der Waals surface area contributed by atoms with Crippen molar-refractivity contribution in [3.63, 3.8) is 0 Å². The SMILES string of the molecule is CC(CNC(=O)Cn1cnc(N)n1)CN1CCCCC1. The minimum absolute atomic E-state index is 0.0552. The Labute approximate surface area is 119 Å². The molecule has 2 heterocycles. The highest BCUT2D eigenvalue weighted by atomic mass is 16.2. The number of piperidine rings is 1. The lowest BCUT2D eigenvalue weighted by Gasteiger charge is -2.29. The average Bonchev–Trinajstić information content (AvgIpc) is 2.83. The van der Waals surface area contributed by atoms with Gasteiger partial charge in [0.25, 0.3) is 0 Å². The fraction of sp³-hybridized carbons (Fsp3) is 0.769. The van der Waals surface area contributed by atoms with Crippen molar-refractivity contribution in [2.75, 3.05) is 31.9 Å². The lowest BCUT2D eigenvalue weighted by Crippen LogP contribution is -2.38. The molecule has 0 saturated carbocycles. The minimum Gasteiger partial charge on any atom is -0.367 e. The molecule has 1 aromatic rings. The van der Waals surface area contributed by atoms with Gasteiger partial charge in [0.1, 0.15) is 12.9 Å². The third kappa shape index (κ3) is 4.80. The maximum Gasteiger partial charge on any atom is 0.241 e. The van der Waals surface area contributed by atoms with E-state index in [0.717, 1.165) is 6.54 Å². The molecular formula is C13H24N6O. The number of anilines is 1. The van der Waals surface area contributed by atoms with Gasteiger partial charge < -0.3 is 16.0 Å². The Morgan fingerprint density at radius 2 is 2.20 bits per heavy atom. The van der Waals surface area contributed by atoms with Crippen LogP contribution in [0.1, 0.15) is 26.2 Å². The summed E-state index contributed by atoms with van der Waals surface area (Å²) in [6.07, 6.45) is 5.41. The van der Waals surface area contributed by atoms with Gasteiger partial charge in [0, 0.05) is 13.1 Å². The van der Waals surface area contributed by atoms with E-state index in [1.807, 2.05) is 0 Å². The molecule has 112 valence electrons. The van der Waals surface area contributed by atoms with E-state index < -0.39 is 0 Å². The summed E-state index contributed by atoms with van der Waals surface area (Å²) in [6, 6.07) is 0. The van der Waals surface area contributed by atoms with Crippen LogP contribution in [0.4, 0.5) is 5.95 Å². The van der Waals surface area contributed by atoms with Crippen molar-refractivity contribution in [3.8, 4) is 0 Å². The van der Waals surface area contributed by atoms with Crippen molar-refractivity contribution in [3.05, 3.63) is 6.33 Å². The molecule has 0 spiro atoms. The van der Waals surface area contributed by atoms with E-state index in [9.17, 15) is 4.79 Å². The lowest BCUT2D eigenvalue weighted by atomic mass is 10.1. The number of likely N-dealkylation sites (tertiary alicyclic amines) is 1. The first-order chi connectivity index (χ1) is 9.63. The second-order valence-corrected chi connectivity index (χ2v) is 5.57. The first kappa shape index (κ1) is 14.8.